The molecular weight excluding hydrogens is 959 g/mol. The molecule has 0 radical (unpaired) electrons. The Hall–Kier alpha value is 0.940. The number of rotatable bonds is 5. The highest BCUT2D eigenvalue weighted by Gasteiger charge is 2.21. The Morgan fingerprint density at radius 1 is 0.929 bits per heavy atom. The van der Waals surface area contributed by atoms with Gasteiger partial charge in [-0.3, -0.25) is 4.55 Å². The molecule has 0 aromatic heterocycles. The number of halogens is 5. The molecule has 7 nitrogen and oxygen atoms in total. The van der Waals surface area contributed by atoms with Gasteiger partial charge in [0, 0.05) is 17.9 Å². The summed E-state index contributed by atoms with van der Waals surface area (Å²) in [5, 5.41) is 0. The van der Waals surface area contributed by atoms with Crippen LogP contribution in [0.2, 0.25) is 0 Å². The van der Waals surface area contributed by atoms with Gasteiger partial charge in [-0.1, -0.05) is 0 Å². The van der Waals surface area contributed by atoms with Gasteiger partial charge in [-0.2, -0.15) is 8.42 Å². The molecule has 13 heteroatoms. The van der Waals surface area contributed by atoms with Crippen LogP contribution in [-0.2, 0) is 19.6 Å². The van der Waals surface area contributed by atoms with Crippen LogP contribution in [0, 0.1) is 17.9 Å². The Morgan fingerprint density at radius 2 is 1.50 bits per heavy atom. The maximum atomic E-state index is 12.3. The predicted molar refractivity (Wildman–Crippen MR) is 142 cm³/mol. The van der Waals surface area contributed by atoms with Gasteiger partial charge >= 0.3 is 11.9 Å². The van der Waals surface area contributed by atoms with Crippen molar-refractivity contribution in [2.24, 2.45) is 0 Å². The smallest absolute Gasteiger partial charge is 0.349 e. The molecule has 0 saturated heterocycles. The molecule has 1 N–H and O–H groups in total. The summed E-state index contributed by atoms with van der Waals surface area (Å²) in [6.07, 6.45) is 0. The van der Waals surface area contributed by atoms with Crippen LogP contribution >= 0.6 is 113 Å². The predicted octanol–water partition coefficient (Wildman–Crippen LogP) is 4.72. The van der Waals surface area contributed by atoms with Crippen LogP contribution in [0.3, 0.4) is 0 Å². The molecule has 0 heterocycles. The lowest BCUT2D eigenvalue weighted by Crippen LogP contribution is -2.20. The first-order chi connectivity index (χ1) is 12.9. The monoisotopic (exact) mass is 966 g/mol. The second kappa shape index (κ2) is 10.5. The molecule has 0 aliphatic heterocycles. The topological polar surface area (TPSA) is 107 Å². The van der Waals surface area contributed by atoms with Gasteiger partial charge in [-0.25, -0.2) is 9.59 Å². The first-order valence-electron chi connectivity index (χ1n) is 6.89. The molecule has 0 fully saturated rings. The maximum Gasteiger partial charge on any atom is 0.349 e. The first-order valence-corrected chi connectivity index (χ1v) is 13.7. The van der Waals surface area contributed by atoms with Crippen molar-refractivity contribution >= 4 is 135 Å². The summed E-state index contributed by atoms with van der Waals surface area (Å²) in [6.45, 7) is -0.607. The van der Waals surface area contributed by atoms with Crippen molar-refractivity contribution in [2.45, 2.75) is 4.90 Å². The normalized spacial score (nSPS) is 11.2. The summed E-state index contributed by atoms with van der Waals surface area (Å²) < 4.78 is 45.0. The SMILES string of the molecule is O=C(COC(=O)c1cc(I)cc(I)c1I)Oc1cc(I)c(S(=O)(=O)O)c(I)c1. The van der Waals surface area contributed by atoms with Crippen molar-refractivity contribution in [1.29, 1.82) is 0 Å². The first kappa shape index (κ1) is 25.2. The van der Waals surface area contributed by atoms with Gasteiger partial charge in [-0.05, 0) is 137 Å². The number of benzene rings is 2. The number of hydrogen-bond acceptors (Lipinski definition) is 6. The highest BCUT2D eigenvalue weighted by Crippen LogP contribution is 2.29. The zero-order valence-electron chi connectivity index (χ0n) is 13.2. The van der Waals surface area contributed by atoms with Crippen LogP contribution in [0.5, 0.6) is 5.75 Å². The van der Waals surface area contributed by atoms with E-state index in [1.165, 1.54) is 12.1 Å². The Kier molecular flexibility index (Phi) is 9.45. The summed E-state index contributed by atoms with van der Waals surface area (Å²) in [7, 11) is -4.40. The molecule has 28 heavy (non-hydrogen) atoms. The fourth-order valence-corrected chi connectivity index (χ4v) is 8.28. The molecule has 0 atom stereocenters. The van der Waals surface area contributed by atoms with Crippen molar-refractivity contribution in [3.8, 4) is 5.75 Å². The summed E-state index contributed by atoms with van der Waals surface area (Å²) in [5.41, 5.74) is 0.353. The van der Waals surface area contributed by atoms with Crippen molar-refractivity contribution in [1.82, 2.24) is 0 Å². The maximum absolute atomic E-state index is 12.3. The van der Waals surface area contributed by atoms with Gasteiger partial charge in [0.15, 0.2) is 6.61 Å². The molecule has 0 saturated carbocycles. The molecule has 2 rings (SSSR count). The molecule has 0 aliphatic rings. The number of hydrogen-bond donors (Lipinski definition) is 1. The van der Waals surface area contributed by atoms with Crippen molar-refractivity contribution in [2.75, 3.05) is 6.61 Å². The minimum atomic E-state index is -4.40. The van der Waals surface area contributed by atoms with Gasteiger partial charge in [0.2, 0.25) is 0 Å². The number of esters is 2. The largest absolute Gasteiger partial charge is 0.450 e. The third-order valence-corrected chi connectivity index (χ3v) is 10.1. The van der Waals surface area contributed by atoms with Crippen LogP contribution in [0.15, 0.2) is 29.2 Å². The molecular formula is C15H7I5O7S. The van der Waals surface area contributed by atoms with Crippen LogP contribution in [0.1, 0.15) is 10.4 Å². The van der Waals surface area contributed by atoms with Crippen LogP contribution in [0.25, 0.3) is 0 Å². The number of carbonyl (C=O) groups is 2. The van der Waals surface area contributed by atoms with E-state index in [0.29, 0.717) is 5.56 Å². The Morgan fingerprint density at radius 3 is 2.04 bits per heavy atom. The molecule has 150 valence electrons. The second-order valence-corrected chi connectivity index (χ2v) is 12.2. The molecule has 0 bridgehead atoms. The minimum Gasteiger partial charge on any atom is -0.450 e. The van der Waals surface area contributed by atoms with Gasteiger partial charge in [-0.15, -0.1) is 0 Å². The fourth-order valence-electron chi connectivity index (χ4n) is 1.91. The lowest BCUT2D eigenvalue weighted by Gasteiger charge is -2.10. The van der Waals surface area contributed by atoms with Gasteiger partial charge in [0.25, 0.3) is 10.1 Å². The third-order valence-electron chi connectivity index (χ3n) is 3.00. The standard InChI is InChI=1S/C15H7I5O7S/c16-6-1-8(13(20)9(17)2-6)15(22)26-5-12(21)27-7-3-10(18)14(11(19)4-7)28(23,24)25/h1-4H,5H2,(H,23,24,25). The molecule has 0 spiro atoms. The van der Waals surface area contributed by atoms with E-state index < -0.39 is 28.7 Å². The van der Waals surface area contributed by atoms with E-state index >= 15 is 0 Å². The zero-order chi connectivity index (χ0) is 21.2. The molecule has 2 aromatic carbocycles. The molecule has 0 amide bonds. The van der Waals surface area contributed by atoms with Crippen LogP contribution in [0.4, 0.5) is 0 Å². The summed E-state index contributed by atoms with van der Waals surface area (Å²) in [4.78, 5) is 24.0. The average Bonchev–Trinajstić information content (AvgIpc) is 2.53. The van der Waals surface area contributed by atoms with E-state index in [-0.39, 0.29) is 17.8 Å². The van der Waals surface area contributed by atoms with E-state index in [1.807, 2.05) is 28.7 Å². The van der Waals surface area contributed by atoms with E-state index in [2.05, 4.69) is 45.2 Å². The Labute approximate surface area is 228 Å². The van der Waals surface area contributed by atoms with E-state index in [9.17, 15) is 22.6 Å². The number of ether oxygens (including phenoxy) is 2. The molecule has 2 aromatic rings. The lowest BCUT2D eigenvalue weighted by atomic mass is 10.2. The van der Waals surface area contributed by atoms with Crippen molar-refractivity contribution < 1.29 is 32.0 Å². The lowest BCUT2D eigenvalue weighted by molar-refractivity contribution is -0.137. The van der Waals surface area contributed by atoms with E-state index in [0.717, 1.165) is 10.7 Å². The highest BCUT2D eigenvalue weighted by atomic mass is 127. The third kappa shape index (κ3) is 6.72. The van der Waals surface area contributed by atoms with Gasteiger partial charge in [0.1, 0.15) is 10.6 Å². The minimum absolute atomic E-state index is 0.0700. The van der Waals surface area contributed by atoms with Crippen molar-refractivity contribution in [3.63, 3.8) is 0 Å². The summed E-state index contributed by atoms with van der Waals surface area (Å²) in [5.74, 6) is -1.40. The van der Waals surface area contributed by atoms with Gasteiger partial charge in [0.05, 0.1) is 5.56 Å². The second-order valence-electron chi connectivity index (χ2n) is 4.99. The van der Waals surface area contributed by atoms with Crippen LogP contribution in [-0.4, -0.2) is 31.5 Å². The van der Waals surface area contributed by atoms with E-state index in [1.54, 1.807) is 51.2 Å². The Bertz CT molecular complexity index is 1050. The molecule has 0 unspecified atom stereocenters. The summed E-state index contributed by atoms with van der Waals surface area (Å²) in [6, 6.07) is 6.15. The van der Waals surface area contributed by atoms with Gasteiger partial charge < -0.3 is 9.47 Å². The average molecular weight is 966 g/mol. The van der Waals surface area contributed by atoms with Crippen molar-refractivity contribution in [3.05, 3.63) is 47.7 Å². The number of carbonyl (C=O) groups excluding carboxylic acids is 2. The summed E-state index contributed by atoms with van der Waals surface area (Å²) >= 11 is 9.64. The Balaban J connectivity index is 2.08. The van der Waals surface area contributed by atoms with Crippen LogP contribution < -0.4 is 4.74 Å². The molecule has 0 aliphatic carbocycles. The fraction of sp³-hybridized carbons (Fsp3) is 0.0667. The quantitative estimate of drug-likeness (QED) is 0.152. The zero-order valence-corrected chi connectivity index (χ0v) is 24.8. The van der Waals surface area contributed by atoms with E-state index in [4.69, 9.17) is 9.47 Å². The highest BCUT2D eigenvalue weighted by molar-refractivity contribution is 14.1.